The quantitative estimate of drug-likeness (QED) is 0.835. The van der Waals surface area contributed by atoms with Gasteiger partial charge < -0.3 is 10.2 Å². The molecule has 2 aromatic rings. The Morgan fingerprint density at radius 2 is 2.12 bits per heavy atom. The summed E-state index contributed by atoms with van der Waals surface area (Å²) in [6, 6.07) is 6.11. The molecular formula is C20H27N3OS. The average molecular weight is 358 g/mol. The number of nitrogens with one attached hydrogen (secondary N) is 1. The summed E-state index contributed by atoms with van der Waals surface area (Å²) in [5, 5.41) is 3.46. The molecule has 25 heavy (non-hydrogen) atoms. The van der Waals surface area contributed by atoms with E-state index in [-0.39, 0.29) is 11.9 Å². The van der Waals surface area contributed by atoms with Gasteiger partial charge in [0.05, 0.1) is 11.6 Å². The summed E-state index contributed by atoms with van der Waals surface area (Å²) in [4.78, 5) is 22.0. The molecule has 0 aromatic carbocycles. The Bertz CT molecular complexity index is 734. The van der Waals surface area contributed by atoms with Crippen LogP contribution in [0.15, 0.2) is 24.4 Å². The first-order valence-corrected chi connectivity index (χ1v) is 10.0. The van der Waals surface area contributed by atoms with Crippen LogP contribution in [0.3, 0.4) is 0 Å². The van der Waals surface area contributed by atoms with Crippen LogP contribution in [0.1, 0.15) is 64.8 Å². The SMILES string of the molecule is CCc1sc(C(C)Nc2ncccc2C(=O)N2CCCCC2)cc1C. The number of nitrogens with zero attached hydrogens (tertiary/aromatic N) is 2. The van der Waals surface area contributed by atoms with Crippen LogP contribution < -0.4 is 5.32 Å². The van der Waals surface area contributed by atoms with Crippen LogP contribution in [0.5, 0.6) is 0 Å². The number of aromatic nitrogens is 1. The van der Waals surface area contributed by atoms with E-state index >= 15 is 0 Å². The lowest BCUT2D eigenvalue weighted by molar-refractivity contribution is 0.0725. The van der Waals surface area contributed by atoms with E-state index in [4.69, 9.17) is 0 Å². The number of thiophene rings is 1. The van der Waals surface area contributed by atoms with Gasteiger partial charge in [0.1, 0.15) is 5.82 Å². The third-order valence-corrected chi connectivity index (χ3v) is 6.39. The number of aryl methyl sites for hydroxylation is 2. The molecule has 1 aliphatic rings. The van der Waals surface area contributed by atoms with E-state index in [0.717, 1.165) is 32.4 Å². The normalized spacial score (nSPS) is 15.9. The van der Waals surface area contributed by atoms with Gasteiger partial charge in [-0.15, -0.1) is 11.3 Å². The van der Waals surface area contributed by atoms with Crippen molar-refractivity contribution in [1.29, 1.82) is 0 Å². The Morgan fingerprint density at radius 3 is 2.80 bits per heavy atom. The number of hydrogen-bond acceptors (Lipinski definition) is 4. The van der Waals surface area contributed by atoms with Gasteiger partial charge in [-0.1, -0.05) is 6.92 Å². The van der Waals surface area contributed by atoms with Gasteiger partial charge >= 0.3 is 0 Å². The van der Waals surface area contributed by atoms with Crippen molar-refractivity contribution < 1.29 is 4.79 Å². The number of pyridine rings is 1. The molecule has 0 saturated carbocycles. The molecule has 1 amide bonds. The van der Waals surface area contributed by atoms with Crippen LogP contribution >= 0.6 is 11.3 Å². The summed E-state index contributed by atoms with van der Waals surface area (Å²) in [6.45, 7) is 8.19. The lowest BCUT2D eigenvalue weighted by Gasteiger charge is -2.27. The van der Waals surface area contributed by atoms with Gasteiger partial charge in [0, 0.05) is 29.0 Å². The van der Waals surface area contributed by atoms with Gasteiger partial charge in [0.15, 0.2) is 0 Å². The summed E-state index contributed by atoms with van der Waals surface area (Å²) < 4.78 is 0. The minimum atomic E-state index is 0.0964. The number of piperidine rings is 1. The first kappa shape index (κ1) is 17.9. The second kappa shape index (κ2) is 8.00. The van der Waals surface area contributed by atoms with E-state index in [1.807, 2.05) is 28.4 Å². The molecule has 3 rings (SSSR count). The molecule has 2 aromatic heterocycles. The van der Waals surface area contributed by atoms with Crippen molar-refractivity contribution in [2.45, 2.75) is 52.5 Å². The molecule has 1 saturated heterocycles. The number of rotatable bonds is 5. The van der Waals surface area contributed by atoms with Crippen molar-refractivity contribution in [3.05, 3.63) is 45.3 Å². The third-order valence-electron chi connectivity index (χ3n) is 4.82. The van der Waals surface area contributed by atoms with Crippen LogP contribution in [0.4, 0.5) is 5.82 Å². The summed E-state index contributed by atoms with van der Waals surface area (Å²) in [6.07, 6.45) is 6.22. The number of hydrogen-bond donors (Lipinski definition) is 1. The van der Waals surface area contributed by atoms with Gasteiger partial charge in [-0.25, -0.2) is 4.98 Å². The van der Waals surface area contributed by atoms with Gasteiger partial charge in [0.25, 0.3) is 5.91 Å². The molecule has 4 nitrogen and oxygen atoms in total. The van der Waals surface area contributed by atoms with Crippen LogP contribution in [-0.2, 0) is 6.42 Å². The van der Waals surface area contributed by atoms with E-state index < -0.39 is 0 Å². The summed E-state index contributed by atoms with van der Waals surface area (Å²) in [5.41, 5.74) is 2.03. The van der Waals surface area contributed by atoms with E-state index in [0.29, 0.717) is 11.4 Å². The largest absolute Gasteiger partial charge is 0.362 e. The second-order valence-corrected chi connectivity index (χ2v) is 7.90. The Balaban J connectivity index is 1.79. The number of amides is 1. The standard InChI is InChI=1S/C20H27N3OS/c1-4-17-14(2)13-18(25-17)15(3)22-19-16(9-8-10-21-19)20(24)23-11-6-5-7-12-23/h8-10,13,15H,4-7,11-12H2,1-3H3,(H,21,22). The van der Waals surface area contributed by atoms with Crippen LogP contribution in [0.25, 0.3) is 0 Å². The van der Waals surface area contributed by atoms with Crippen LogP contribution in [0.2, 0.25) is 0 Å². The molecule has 0 aliphatic carbocycles. The van der Waals surface area contributed by atoms with Crippen molar-refractivity contribution in [2.24, 2.45) is 0 Å². The fourth-order valence-corrected chi connectivity index (χ4v) is 4.47. The molecule has 0 radical (unpaired) electrons. The molecule has 1 N–H and O–H groups in total. The molecule has 1 unspecified atom stereocenters. The maximum absolute atomic E-state index is 12.9. The maximum Gasteiger partial charge on any atom is 0.257 e. The molecule has 0 bridgehead atoms. The summed E-state index contributed by atoms with van der Waals surface area (Å²) in [5.74, 6) is 0.786. The highest BCUT2D eigenvalue weighted by molar-refractivity contribution is 7.12. The molecule has 1 atom stereocenters. The number of carbonyl (C=O) groups is 1. The first-order valence-electron chi connectivity index (χ1n) is 9.20. The Hall–Kier alpha value is -1.88. The molecule has 5 heteroatoms. The van der Waals surface area contributed by atoms with Crippen molar-refractivity contribution >= 4 is 23.1 Å². The van der Waals surface area contributed by atoms with Gasteiger partial charge in [-0.2, -0.15) is 0 Å². The van der Waals surface area contributed by atoms with E-state index in [2.05, 4.69) is 37.1 Å². The third kappa shape index (κ3) is 4.03. The minimum absolute atomic E-state index is 0.0964. The van der Waals surface area contributed by atoms with Gasteiger partial charge in [0.2, 0.25) is 0 Å². The second-order valence-electron chi connectivity index (χ2n) is 6.73. The topological polar surface area (TPSA) is 45.2 Å². The Kier molecular flexibility index (Phi) is 5.74. The zero-order chi connectivity index (χ0) is 17.8. The van der Waals surface area contributed by atoms with E-state index in [1.165, 1.54) is 21.7 Å². The molecule has 1 aliphatic heterocycles. The molecular weight excluding hydrogens is 330 g/mol. The van der Waals surface area contributed by atoms with Crippen molar-refractivity contribution in [1.82, 2.24) is 9.88 Å². The summed E-state index contributed by atoms with van der Waals surface area (Å²) in [7, 11) is 0. The predicted octanol–water partition coefficient (Wildman–Crippen LogP) is 4.81. The van der Waals surface area contributed by atoms with Crippen molar-refractivity contribution in [2.75, 3.05) is 18.4 Å². The Morgan fingerprint density at radius 1 is 1.36 bits per heavy atom. The maximum atomic E-state index is 12.9. The molecule has 0 spiro atoms. The minimum Gasteiger partial charge on any atom is -0.362 e. The zero-order valence-corrected chi connectivity index (χ0v) is 16.2. The Labute approximate surface area is 154 Å². The van der Waals surface area contributed by atoms with Crippen molar-refractivity contribution in [3.63, 3.8) is 0 Å². The van der Waals surface area contributed by atoms with Gasteiger partial charge in [-0.05, 0) is 63.3 Å². The number of likely N-dealkylation sites (tertiary alicyclic amines) is 1. The van der Waals surface area contributed by atoms with E-state index in [9.17, 15) is 4.79 Å². The molecule has 134 valence electrons. The van der Waals surface area contributed by atoms with Crippen molar-refractivity contribution in [3.8, 4) is 0 Å². The van der Waals surface area contributed by atoms with Gasteiger partial charge in [-0.3, -0.25) is 4.79 Å². The molecule has 1 fully saturated rings. The molecule has 3 heterocycles. The monoisotopic (exact) mass is 357 g/mol. The highest BCUT2D eigenvalue weighted by atomic mass is 32.1. The smallest absolute Gasteiger partial charge is 0.257 e. The van der Waals surface area contributed by atoms with Crippen LogP contribution in [0, 0.1) is 6.92 Å². The number of anilines is 1. The highest BCUT2D eigenvalue weighted by Gasteiger charge is 2.22. The zero-order valence-electron chi connectivity index (χ0n) is 15.3. The van der Waals surface area contributed by atoms with E-state index in [1.54, 1.807) is 6.20 Å². The number of carbonyl (C=O) groups excluding carboxylic acids is 1. The average Bonchev–Trinajstić information content (AvgIpc) is 3.03. The summed E-state index contributed by atoms with van der Waals surface area (Å²) >= 11 is 1.84. The first-order chi connectivity index (χ1) is 12.1. The highest BCUT2D eigenvalue weighted by Crippen LogP contribution is 2.30. The van der Waals surface area contributed by atoms with Crippen LogP contribution in [-0.4, -0.2) is 28.9 Å². The predicted molar refractivity (Wildman–Crippen MR) is 104 cm³/mol. The fraction of sp³-hybridized carbons (Fsp3) is 0.500. The lowest BCUT2D eigenvalue weighted by Crippen LogP contribution is -2.36. The fourth-order valence-electron chi connectivity index (χ4n) is 3.35. The lowest BCUT2D eigenvalue weighted by atomic mass is 10.1.